The largest absolute Gasteiger partial charge is 0.415 e. The summed E-state index contributed by atoms with van der Waals surface area (Å²) in [6.45, 7) is 14.6. The lowest BCUT2D eigenvalue weighted by molar-refractivity contribution is -0.137. The highest BCUT2D eigenvalue weighted by Gasteiger charge is 2.41. The lowest BCUT2D eigenvalue weighted by Crippen LogP contribution is -2.52. The molecule has 9 heteroatoms. The summed E-state index contributed by atoms with van der Waals surface area (Å²) in [5, 5.41) is 5.77. The Bertz CT molecular complexity index is 1410. The average molecular weight is 629 g/mol. The van der Waals surface area contributed by atoms with Crippen LogP contribution in [0.4, 0.5) is 0 Å². The number of rotatable bonds is 7. The van der Waals surface area contributed by atoms with Crippen molar-refractivity contribution in [2.45, 2.75) is 96.2 Å². The number of halogens is 2. The van der Waals surface area contributed by atoms with Crippen molar-refractivity contribution in [1.82, 2.24) is 14.7 Å². The van der Waals surface area contributed by atoms with Crippen molar-refractivity contribution in [3.8, 4) is 11.1 Å². The van der Waals surface area contributed by atoms with E-state index in [0.29, 0.717) is 28.6 Å². The lowest BCUT2D eigenvalue weighted by atomic mass is 9.84. The molecule has 2 aliphatic rings. The standard InChI is InChI=1S/C33H43Cl2N3O3Si/c1-22-25-11-9-12-26(23-19-36-37(20-23)32-15-7-8-16-40-32)27(25)17-24(21-41-42(5,6)33(2,3)4)38(22)31(39)18-28-29(34)13-10-14-30(28)35/h9-14,19-20,22,24,32H,7-8,15-18,21H2,1-6H3/t22-,24+,32?/m0/s1. The van der Waals surface area contributed by atoms with Crippen molar-refractivity contribution in [3.63, 3.8) is 0 Å². The SMILES string of the molecule is C[C@H]1c2cccc(-c3cnn(C4CCCCO4)c3)c2C[C@H](CO[Si](C)(C)C(C)(C)C)N1C(=O)Cc1c(Cl)cccc1Cl. The first-order valence-corrected chi connectivity index (χ1v) is 18.7. The highest BCUT2D eigenvalue weighted by Crippen LogP contribution is 2.41. The monoisotopic (exact) mass is 627 g/mol. The first-order chi connectivity index (χ1) is 19.9. The molecule has 3 heterocycles. The molecule has 0 saturated carbocycles. The maximum Gasteiger partial charge on any atom is 0.227 e. The summed E-state index contributed by atoms with van der Waals surface area (Å²) in [7, 11) is -2.06. The quantitative estimate of drug-likeness (QED) is 0.246. The second-order valence-electron chi connectivity index (χ2n) is 13.2. The van der Waals surface area contributed by atoms with Crippen LogP contribution in [0.25, 0.3) is 11.1 Å². The fourth-order valence-electron chi connectivity index (χ4n) is 5.88. The number of hydrogen-bond acceptors (Lipinski definition) is 4. The third-order valence-corrected chi connectivity index (χ3v) is 14.6. The van der Waals surface area contributed by atoms with Crippen LogP contribution in [-0.2, 0) is 26.8 Å². The van der Waals surface area contributed by atoms with Crippen molar-refractivity contribution >= 4 is 37.4 Å². The highest BCUT2D eigenvalue weighted by molar-refractivity contribution is 6.74. The molecule has 0 bridgehead atoms. The second-order valence-corrected chi connectivity index (χ2v) is 18.8. The molecule has 1 amide bonds. The fraction of sp³-hybridized carbons (Fsp3) is 0.515. The summed E-state index contributed by atoms with van der Waals surface area (Å²) in [5.74, 6) is -0.000323. The van der Waals surface area contributed by atoms with Crippen LogP contribution in [0.2, 0.25) is 28.2 Å². The molecule has 1 aromatic heterocycles. The van der Waals surface area contributed by atoms with Gasteiger partial charge in [0.1, 0.15) is 6.23 Å². The Morgan fingerprint density at radius 3 is 2.50 bits per heavy atom. The maximum atomic E-state index is 14.1. The molecule has 42 heavy (non-hydrogen) atoms. The van der Waals surface area contributed by atoms with Crippen molar-refractivity contribution in [2.24, 2.45) is 0 Å². The van der Waals surface area contributed by atoms with Crippen LogP contribution >= 0.6 is 23.2 Å². The van der Waals surface area contributed by atoms with Gasteiger partial charge in [-0.1, -0.05) is 68.2 Å². The maximum absolute atomic E-state index is 14.1. The number of aromatic nitrogens is 2. The summed E-state index contributed by atoms with van der Waals surface area (Å²) in [5.41, 5.74) is 5.29. The van der Waals surface area contributed by atoms with Crippen LogP contribution in [-0.4, -0.2) is 48.2 Å². The van der Waals surface area contributed by atoms with Gasteiger partial charge in [-0.05, 0) is 85.1 Å². The zero-order valence-corrected chi connectivity index (χ0v) is 28.1. The van der Waals surface area contributed by atoms with Crippen molar-refractivity contribution < 1.29 is 14.0 Å². The van der Waals surface area contributed by atoms with Crippen LogP contribution in [0.3, 0.4) is 0 Å². The number of benzene rings is 2. The molecule has 6 nitrogen and oxygen atoms in total. The fourth-order valence-corrected chi connectivity index (χ4v) is 7.46. The number of fused-ring (bicyclic) bond motifs is 1. The molecule has 0 radical (unpaired) electrons. The van der Waals surface area contributed by atoms with Crippen LogP contribution in [0.1, 0.15) is 75.9 Å². The molecule has 3 atom stereocenters. The number of amides is 1. The van der Waals surface area contributed by atoms with E-state index in [0.717, 1.165) is 42.6 Å². The Morgan fingerprint density at radius 2 is 1.83 bits per heavy atom. The van der Waals surface area contributed by atoms with E-state index in [-0.39, 0.29) is 35.7 Å². The van der Waals surface area contributed by atoms with Crippen LogP contribution in [0.15, 0.2) is 48.8 Å². The van der Waals surface area contributed by atoms with E-state index in [4.69, 9.17) is 32.4 Å². The molecule has 0 spiro atoms. The Kier molecular flexibility index (Phi) is 9.27. The third kappa shape index (κ3) is 6.36. The molecule has 2 aliphatic heterocycles. The summed E-state index contributed by atoms with van der Waals surface area (Å²) in [6.07, 6.45) is 8.10. The van der Waals surface area contributed by atoms with Gasteiger partial charge in [-0.25, -0.2) is 4.68 Å². The molecule has 3 aromatic rings. The van der Waals surface area contributed by atoms with Gasteiger partial charge in [0, 0.05) is 28.4 Å². The minimum Gasteiger partial charge on any atom is -0.415 e. The molecular formula is C33H43Cl2N3O3Si. The summed E-state index contributed by atoms with van der Waals surface area (Å²) < 4.78 is 14.7. The van der Waals surface area contributed by atoms with E-state index in [1.807, 2.05) is 15.8 Å². The molecule has 5 rings (SSSR count). The molecule has 1 unspecified atom stereocenters. The van der Waals surface area contributed by atoms with Gasteiger partial charge in [-0.2, -0.15) is 5.10 Å². The number of nitrogens with zero attached hydrogens (tertiary/aromatic N) is 3. The van der Waals surface area contributed by atoms with E-state index in [9.17, 15) is 4.79 Å². The molecular weight excluding hydrogens is 585 g/mol. The first kappa shape index (κ1) is 31.3. The van der Waals surface area contributed by atoms with Gasteiger partial charge in [0.05, 0.1) is 31.3 Å². The third-order valence-electron chi connectivity index (χ3n) is 9.40. The number of hydrogen-bond donors (Lipinski definition) is 0. The second kappa shape index (κ2) is 12.4. The summed E-state index contributed by atoms with van der Waals surface area (Å²) >= 11 is 13.0. The molecule has 0 aliphatic carbocycles. The van der Waals surface area contributed by atoms with Crippen molar-refractivity contribution in [2.75, 3.05) is 13.2 Å². The smallest absolute Gasteiger partial charge is 0.227 e. The topological polar surface area (TPSA) is 56.6 Å². The summed E-state index contributed by atoms with van der Waals surface area (Å²) in [6, 6.07) is 11.5. The zero-order chi connectivity index (χ0) is 30.2. The van der Waals surface area contributed by atoms with Crippen LogP contribution < -0.4 is 0 Å². The van der Waals surface area contributed by atoms with E-state index < -0.39 is 8.32 Å². The highest BCUT2D eigenvalue weighted by atomic mass is 35.5. The normalized spacial score (nSPS) is 21.3. The molecule has 226 valence electrons. The molecule has 1 fully saturated rings. The molecule has 1 saturated heterocycles. The van der Waals surface area contributed by atoms with Gasteiger partial charge in [0.25, 0.3) is 0 Å². The van der Waals surface area contributed by atoms with Gasteiger partial charge in [-0.3, -0.25) is 4.79 Å². The minimum atomic E-state index is -2.06. The van der Waals surface area contributed by atoms with E-state index in [1.165, 1.54) is 5.56 Å². The Hall–Kier alpha value is -2.16. The predicted octanol–water partition coefficient (Wildman–Crippen LogP) is 8.63. The lowest BCUT2D eigenvalue weighted by Gasteiger charge is -2.45. The Morgan fingerprint density at radius 1 is 1.12 bits per heavy atom. The van der Waals surface area contributed by atoms with Gasteiger partial charge in [-0.15, -0.1) is 0 Å². The molecule has 0 N–H and O–H groups in total. The Balaban J connectivity index is 1.50. The van der Waals surface area contributed by atoms with Gasteiger partial charge in [0.2, 0.25) is 5.91 Å². The van der Waals surface area contributed by atoms with E-state index >= 15 is 0 Å². The van der Waals surface area contributed by atoms with Gasteiger partial charge < -0.3 is 14.1 Å². The number of carbonyl (C=O) groups excluding carboxylic acids is 1. The van der Waals surface area contributed by atoms with Crippen molar-refractivity contribution in [1.29, 1.82) is 0 Å². The van der Waals surface area contributed by atoms with Crippen LogP contribution in [0, 0.1) is 0 Å². The number of ether oxygens (including phenoxy) is 1. The van der Waals surface area contributed by atoms with Gasteiger partial charge in [0.15, 0.2) is 8.32 Å². The van der Waals surface area contributed by atoms with E-state index in [1.54, 1.807) is 18.2 Å². The zero-order valence-electron chi connectivity index (χ0n) is 25.6. The average Bonchev–Trinajstić information content (AvgIpc) is 3.44. The Labute approximate surface area is 261 Å². The van der Waals surface area contributed by atoms with Crippen molar-refractivity contribution in [3.05, 3.63) is 75.5 Å². The molecule has 2 aromatic carbocycles. The first-order valence-electron chi connectivity index (χ1n) is 15.0. The number of carbonyl (C=O) groups is 1. The van der Waals surface area contributed by atoms with Gasteiger partial charge >= 0.3 is 0 Å². The van der Waals surface area contributed by atoms with Crippen LogP contribution in [0.5, 0.6) is 0 Å². The minimum absolute atomic E-state index is 0.000323. The summed E-state index contributed by atoms with van der Waals surface area (Å²) in [4.78, 5) is 16.1. The van der Waals surface area contributed by atoms with E-state index in [2.05, 4.69) is 70.3 Å². The predicted molar refractivity (Wildman–Crippen MR) is 173 cm³/mol.